The fraction of sp³-hybridized carbons (Fsp3) is 0.625. The SMILES string of the molecule is Nc1ncn([C@@H]2C[C@H](O)[C@H](CO)O2)c(=O)n1. The summed E-state index contributed by atoms with van der Waals surface area (Å²) in [5, 5.41) is 18.4. The maximum atomic E-state index is 11.4. The molecule has 1 saturated heterocycles. The maximum absolute atomic E-state index is 11.4. The highest BCUT2D eigenvalue weighted by Crippen LogP contribution is 2.26. The van der Waals surface area contributed by atoms with Crippen LogP contribution in [0, 0.1) is 0 Å². The van der Waals surface area contributed by atoms with Crippen LogP contribution in [-0.4, -0.2) is 43.6 Å². The van der Waals surface area contributed by atoms with Gasteiger partial charge in [0.25, 0.3) is 0 Å². The van der Waals surface area contributed by atoms with Gasteiger partial charge in [0.15, 0.2) is 0 Å². The van der Waals surface area contributed by atoms with Gasteiger partial charge in [0.2, 0.25) is 5.95 Å². The number of ether oxygens (including phenoxy) is 1. The predicted molar refractivity (Wildman–Crippen MR) is 52.3 cm³/mol. The van der Waals surface area contributed by atoms with E-state index >= 15 is 0 Å². The largest absolute Gasteiger partial charge is 0.394 e. The quantitative estimate of drug-likeness (QED) is 0.527. The average Bonchev–Trinajstić information content (AvgIpc) is 2.59. The van der Waals surface area contributed by atoms with Gasteiger partial charge in [0, 0.05) is 6.42 Å². The van der Waals surface area contributed by atoms with E-state index in [-0.39, 0.29) is 19.0 Å². The van der Waals surface area contributed by atoms with Gasteiger partial charge in [-0.15, -0.1) is 0 Å². The highest BCUT2D eigenvalue weighted by atomic mass is 16.5. The third kappa shape index (κ3) is 1.90. The van der Waals surface area contributed by atoms with Crippen LogP contribution in [0.4, 0.5) is 5.95 Å². The van der Waals surface area contributed by atoms with Crippen molar-refractivity contribution in [2.45, 2.75) is 24.9 Å². The van der Waals surface area contributed by atoms with Gasteiger partial charge in [0.1, 0.15) is 18.7 Å². The molecule has 4 N–H and O–H groups in total. The highest BCUT2D eigenvalue weighted by Gasteiger charge is 2.35. The molecule has 2 rings (SSSR count). The predicted octanol–water partition coefficient (Wildman–Crippen LogP) is -2.14. The molecule has 0 radical (unpaired) electrons. The first-order valence-electron chi connectivity index (χ1n) is 4.77. The molecule has 0 aromatic carbocycles. The molecular weight excluding hydrogens is 216 g/mol. The molecule has 0 unspecified atom stereocenters. The lowest BCUT2D eigenvalue weighted by Crippen LogP contribution is -2.28. The third-order valence-electron chi connectivity index (χ3n) is 2.44. The minimum atomic E-state index is -0.806. The summed E-state index contributed by atoms with van der Waals surface area (Å²) in [7, 11) is 0. The number of anilines is 1. The second-order valence-electron chi connectivity index (χ2n) is 3.52. The lowest BCUT2D eigenvalue weighted by atomic mass is 10.2. The van der Waals surface area contributed by atoms with Crippen LogP contribution in [0.15, 0.2) is 11.1 Å². The Kier molecular flexibility index (Phi) is 2.86. The van der Waals surface area contributed by atoms with Crippen LogP contribution >= 0.6 is 0 Å². The minimum absolute atomic E-state index is 0.112. The third-order valence-corrected chi connectivity index (χ3v) is 2.44. The van der Waals surface area contributed by atoms with Crippen molar-refractivity contribution in [3.05, 3.63) is 16.8 Å². The number of hydrogen-bond acceptors (Lipinski definition) is 7. The van der Waals surface area contributed by atoms with Crippen LogP contribution in [0.3, 0.4) is 0 Å². The molecular formula is C8H12N4O4. The Labute approximate surface area is 90.3 Å². The minimum Gasteiger partial charge on any atom is -0.394 e. The fourth-order valence-corrected chi connectivity index (χ4v) is 1.60. The first-order valence-corrected chi connectivity index (χ1v) is 4.77. The molecule has 0 bridgehead atoms. The van der Waals surface area contributed by atoms with Gasteiger partial charge in [0.05, 0.1) is 12.7 Å². The second-order valence-corrected chi connectivity index (χ2v) is 3.52. The van der Waals surface area contributed by atoms with Gasteiger partial charge in [-0.25, -0.2) is 9.78 Å². The van der Waals surface area contributed by atoms with Gasteiger partial charge in [-0.05, 0) is 0 Å². The summed E-state index contributed by atoms with van der Waals surface area (Å²) in [6.45, 7) is -0.303. The molecule has 0 saturated carbocycles. The molecule has 0 spiro atoms. The van der Waals surface area contributed by atoms with Crippen LogP contribution in [0.2, 0.25) is 0 Å². The van der Waals surface area contributed by atoms with E-state index in [1.54, 1.807) is 0 Å². The number of nitrogens with zero attached hydrogens (tertiary/aromatic N) is 3. The van der Waals surface area contributed by atoms with Crippen molar-refractivity contribution in [1.82, 2.24) is 14.5 Å². The number of rotatable bonds is 2. The van der Waals surface area contributed by atoms with Crippen molar-refractivity contribution in [3.63, 3.8) is 0 Å². The lowest BCUT2D eigenvalue weighted by Gasteiger charge is -2.13. The van der Waals surface area contributed by atoms with Gasteiger partial charge in [-0.2, -0.15) is 4.98 Å². The van der Waals surface area contributed by atoms with E-state index < -0.39 is 24.1 Å². The highest BCUT2D eigenvalue weighted by molar-refractivity contribution is 5.09. The summed E-state index contributed by atoms with van der Waals surface area (Å²) in [5.41, 5.74) is 4.65. The smallest absolute Gasteiger partial charge is 0.354 e. The normalized spacial score (nSPS) is 29.5. The van der Waals surface area contributed by atoms with Crippen molar-refractivity contribution < 1.29 is 14.9 Å². The Morgan fingerprint density at radius 2 is 2.44 bits per heavy atom. The van der Waals surface area contributed by atoms with E-state index in [1.165, 1.54) is 6.33 Å². The summed E-state index contributed by atoms with van der Waals surface area (Å²) in [6, 6.07) is 0. The second kappa shape index (κ2) is 4.16. The molecule has 1 aromatic rings. The van der Waals surface area contributed by atoms with E-state index in [4.69, 9.17) is 15.6 Å². The Morgan fingerprint density at radius 1 is 1.69 bits per heavy atom. The Morgan fingerprint density at radius 3 is 3.00 bits per heavy atom. The molecule has 3 atom stereocenters. The zero-order valence-corrected chi connectivity index (χ0v) is 8.35. The van der Waals surface area contributed by atoms with Gasteiger partial charge >= 0.3 is 5.69 Å². The number of aliphatic hydroxyl groups excluding tert-OH is 2. The number of hydrogen-bond donors (Lipinski definition) is 3. The van der Waals surface area contributed by atoms with Gasteiger partial charge in [-0.1, -0.05) is 0 Å². The first kappa shape index (κ1) is 11.0. The average molecular weight is 228 g/mol. The van der Waals surface area contributed by atoms with Crippen molar-refractivity contribution in [2.24, 2.45) is 0 Å². The number of nitrogens with two attached hydrogens (primary N) is 1. The van der Waals surface area contributed by atoms with E-state index in [1.807, 2.05) is 0 Å². The molecule has 1 aliphatic heterocycles. The van der Waals surface area contributed by atoms with Crippen LogP contribution in [0.1, 0.15) is 12.6 Å². The molecule has 1 fully saturated rings. The van der Waals surface area contributed by atoms with Crippen molar-refractivity contribution >= 4 is 5.95 Å². The molecule has 8 nitrogen and oxygen atoms in total. The molecule has 16 heavy (non-hydrogen) atoms. The summed E-state index contributed by atoms with van der Waals surface area (Å²) < 4.78 is 6.41. The summed E-state index contributed by atoms with van der Waals surface area (Å²) >= 11 is 0. The number of aliphatic hydroxyl groups is 2. The first-order chi connectivity index (χ1) is 7.61. The standard InChI is InChI=1S/C8H12N4O4/c9-7-10-3-12(8(15)11-7)6-1-4(14)5(2-13)16-6/h3-6,13-14H,1-2H2,(H2,9,11,15)/t4-,5-,6-/m0/s1. The van der Waals surface area contributed by atoms with Crippen LogP contribution < -0.4 is 11.4 Å². The van der Waals surface area contributed by atoms with E-state index in [2.05, 4.69) is 9.97 Å². The molecule has 2 heterocycles. The Balaban J connectivity index is 2.23. The monoisotopic (exact) mass is 228 g/mol. The molecule has 0 aliphatic carbocycles. The van der Waals surface area contributed by atoms with E-state index in [0.717, 1.165) is 4.57 Å². The van der Waals surface area contributed by atoms with Crippen LogP contribution in [-0.2, 0) is 4.74 Å². The molecule has 1 aromatic heterocycles. The summed E-state index contributed by atoms with van der Waals surface area (Å²) in [6.07, 6.45) is -0.741. The zero-order valence-electron chi connectivity index (χ0n) is 8.35. The van der Waals surface area contributed by atoms with E-state index in [0.29, 0.717) is 0 Å². The van der Waals surface area contributed by atoms with Crippen molar-refractivity contribution in [2.75, 3.05) is 12.3 Å². The zero-order chi connectivity index (χ0) is 11.7. The van der Waals surface area contributed by atoms with Crippen LogP contribution in [0.25, 0.3) is 0 Å². The molecule has 1 aliphatic rings. The van der Waals surface area contributed by atoms with E-state index in [9.17, 15) is 9.90 Å². The van der Waals surface area contributed by atoms with Crippen molar-refractivity contribution in [3.8, 4) is 0 Å². The van der Waals surface area contributed by atoms with Crippen molar-refractivity contribution in [1.29, 1.82) is 0 Å². The molecule has 0 amide bonds. The Bertz CT molecular complexity index is 434. The summed E-state index contributed by atoms with van der Waals surface area (Å²) in [4.78, 5) is 18.5. The van der Waals surface area contributed by atoms with Gasteiger partial charge in [-0.3, -0.25) is 4.57 Å². The maximum Gasteiger partial charge on any atom is 0.354 e. The fourth-order valence-electron chi connectivity index (χ4n) is 1.60. The Hall–Kier alpha value is -1.51. The number of aromatic nitrogens is 3. The molecule has 8 heteroatoms. The van der Waals surface area contributed by atoms with Gasteiger partial charge < -0.3 is 20.7 Å². The summed E-state index contributed by atoms with van der Waals surface area (Å²) in [5.74, 6) is -0.112. The van der Waals surface area contributed by atoms with Crippen LogP contribution in [0.5, 0.6) is 0 Å². The lowest BCUT2D eigenvalue weighted by molar-refractivity contribution is -0.0462. The topological polar surface area (TPSA) is 123 Å². The molecule has 88 valence electrons. The number of nitrogen functional groups attached to an aromatic ring is 1.